The van der Waals surface area contributed by atoms with Crippen LogP contribution in [-0.2, 0) is 19.4 Å². The molecule has 1 aliphatic carbocycles. The largest absolute Gasteiger partial charge is 0.314 e. The summed E-state index contributed by atoms with van der Waals surface area (Å²) in [6, 6.07) is 3.02. The lowest BCUT2D eigenvalue weighted by atomic mass is 10.2. The second kappa shape index (κ2) is 6.53. The van der Waals surface area contributed by atoms with Gasteiger partial charge in [0.1, 0.15) is 0 Å². The van der Waals surface area contributed by atoms with Crippen molar-refractivity contribution < 1.29 is 0 Å². The van der Waals surface area contributed by atoms with Gasteiger partial charge in [-0.1, -0.05) is 13.8 Å². The van der Waals surface area contributed by atoms with Crippen LogP contribution in [0.3, 0.4) is 0 Å². The summed E-state index contributed by atoms with van der Waals surface area (Å²) in [5.41, 5.74) is 1.62. The maximum absolute atomic E-state index is 3.53. The summed E-state index contributed by atoms with van der Waals surface area (Å²) in [5.74, 6) is 0. The Labute approximate surface area is 109 Å². The first-order valence-corrected chi connectivity index (χ1v) is 7.62. The molecule has 3 heteroatoms. The van der Waals surface area contributed by atoms with Crippen LogP contribution >= 0.6 is 11.3 Å². The Bertz CT molecular complexity index is 322. The SMILES string of the molecule is CC(C)NCCCNCc1cc2c(s1)CCC2. The zero-order valence-electron chi connectivity index (χ0n) is 11.0. The number of fused-ring (bicyclic) bond motifs is 1. The molecule has 2 N–H and O–H groups in total. The van der Waals surface area contributed by atoms with Crippen LogP contribution < -0.4 is 10.6 Å². The Hall–Kier alpha value is -0.380. The topological polar surface area (TPSA) is 24.1 Å². The fourth-order valence-corrected chi connectivity index (χ4v) is 3.52. The standard InChI is InChI=1S/C14H24N2S/c1-11(2)16-8-4-7-15-10-13-9-12-5-3-6-14(12)17-13/h9,11,15-16H,3-8,10H2,1-2H3. The lowest BCUT2D eigenvalue weighted by Crippen LogP contribution is -2.26. The lowest BCUT2D eigenvalue weighted by molar-refractivity contribution is 0.548. The zero-order chi connectivity index (χ0) is 12.1. The molecule has 1 aliphatic rings. The summed E-state index contributed by atoms with van der Waals surface area (Å²) in [5, 5.41) is 6.97. The molecule has 0 aromatic carbocycles. The lowest BCUT2D eigenvalue weighted by Gasteiger charge is -2.08. The number of nitrogens with one attached hydrogen (secondary N) is 2. The third-order valence-electron chi connectivity index (χ3n) is 3.18. The summed E-state index contributed by atoms with van der Waals surface area (Å²) in [6.07, 6.45) is 5.21. The van der Waals surface area contributed by atoms with Gasteiger partial charge in [-0.3, -0.25) is 0 Å². The summed E-state index contributed by atoms with van der Waals surface area (Å²) in [4.78, 5) is 3.16. The Morgan fingerprint density at radius 1 is 1.29 bits per heavy atom. The normalized spacial score (nSPS) is 14.5. The molecular formula is C14H24N2S. The first kappa shape index (κ1) is 13.1. The van der Waals surface area contributed by atoms with Crippen molar-refractivity contribution in [1.29, 1.82) is 0 Å². The van der Waals surface area contributed by atoms with Crippen molar-refractivity contribution in [2.45, 2.75) is 52.1 Å². The maximum atomic E-state index is 3.53. The number of rotatable bonds is 7. The van der Waals surface area contributed by atoms with E-state index in [0.29, 0.717) is 6.04 Å². The van der Waals surface area contributed by atoms with E-state index in [1.54, 1.807) is 10.4 Å². The molecule has 2 rings (SSSR count). The highest BCUT2D eigenvalue weighted by Gasteiger charge is 2.14. The van der Waals surface area contributed by atoms with Crippen molar-refractivity contribution in [2.75, 3.05) is 13.1 Å². The van der Waals surface area contributed by atoms with E-state index in [0.717, 1.165) is 19.6 Å². The van der Waals surface area contributed by atoms with Crippen LogP contribution in [0.15, 0.2) is 6.07 Å². The van der Waals surface area contributed by atoms with Gasteiger partial charge in [0.15, 0.2) is 0 Å². The first-order chi connectivity index (χ1) is 8.25. The molecule has 0 spiro atoms. The Balaban J connectivity index is 1.58. The van der Waals surface area contributed by atoms with Crippen LogP contribution in [0.1, 0.15) is 42.0 Å². The van der Waals surface area contributed by atoms with Crippen molar-refractivity contribution >= 4 is 11.3 Å². The van der Waals surface area contributed by atoms with Crippen LogP contribution in [0.2, 0.25) is 0 Å². The number of aryl methyl sites for hydroxylation is 2. The smallest absolute Gasteiger partial charge is 0.0299 e. The van der Waals surface area contributed by atoms with E-state index in [-0.39, 0.29) is 0 Å². The Morgan fingerprint density at radius 2 is 2.18 bits per heavy atom. The summed E-state index contributed by atoms with van der Waals surface area (Å²) < 4.78 is 0. The summed E-state index contributed by atoms with van der Waals surface area (Å²) >= 11 is 2.01. The van der Waals surface area contributed by atoms with Gasteiger partial charge in [0, 0.05) is 22.3 Å². The van der Waals surface area contributed by atoms with Gasteiger partial charge in [0.05, 0.1) is 0 Å². The fourth-order valence-electron chi connectivity index (χ4n) is 2.29. The van der Waals surface area contributed by atoms with Gasteiger partial charge < -0.3 is 10.6 Å². The fraction of sp³-hybridized carbons (Fsp3) is 0.714. The van der Waals surface area contributed by atoms with E-state index in [4.69, 9.17) is 0 Å². The molecule has 1 heterocycles. The second-order valence-electron chi connectivity index (χ2n) is 5.15. The molecular weight excluding hydrogens is 228 g/mol. The highest BCUT2D eigenvalue weighted by atomic mass is 32.1. The molecule has 2 nitrogen and oxygen atoms in total. The number of hydrogen-bond donors (Lipinski definition) is 2. The molecule has 0 fully saturated rings. The third-order valence-corrected chi connectivity index (χ3v) is 4.42. The highest BCUT2D eigenvalue weighted by molar-refractivity contribution is 7.12. The van der Waals surface area contributed by atoms with Crippen LogP contribution in [0.5, 0.6) is 0 Å². The van der Waals surface area contributed by atoms with Gasteiger partial charge in [-0.25, -0.2) is 0 Å². The molecule has 0 saturated carbocycles. The molecule has 0 radical (unpaired) electrons. The first-order valence-electron chi connectivity index (χ1n) is 6.80. The molecule has 0 unspecified atom stereocenters. The van der Waals surface area contributed by atoms with Crippen LogP contribution in [0, 0.1) is 0 Å². The second-order valence-corrected chi connectivity index (χ2v) is 6.38. The number of thiophene rings is 1. The minimum absolute atomic E-state index is 0.607. The average Bonchev–Trinajstić information content (AvgIpc) is 2.82. The van der Waals surface area contributed by atoms with Crippen molar-refractivity contribution in [3.8, 4) is 0 Å². The van der Waals surface area contributed by atoms with Crippen molar-refractivity contribution in [2.24, 2.45) is 0 Å². The molecule has 1 aromatic heterocycles. The van der Waals surface area contributed by atoms with Crippen LogP contribution in [0.25, 0.3) is 0 Å². The number of hydrogen-bond acceptors (Lipinski definition) is 3. The quantitative estimate of drug-likeness (QED) is 0.729. The molecule has 0 bridgehead atoms. The van der Waals surface area contributed by atoms with Gasteiger partial charge in [0.2, 0.25) is 0 Å². The Kier molecular flexibility index (Phi) is 5.01. The van der Waals surface area contributed by atoms with Crippen LogP contribution in [-0.4, -0.2) is 19.1 Å². The third kappa shape index (κ3) is 4.09. The van der Waals surface area contributed by atoms with Crippen molar-refractivity contribution in [1.82, 2.24) is 10.6 Å². The van der Waals surface area contributed by atoms with E-state index in [1.165, 1.54) is 30.6 Å². The van der Waals surface area contributed by atoms with E-state index >= 15 is 0 Å². The zero-order valence-corrected chi connectivity index (χ0v) is 11.8. The van der Waals surface area contributed by atoms with Gasteiger partial charge in [0.25, 0.3) is 0 Å². The summed E-state index contributed by atoms with van der Waals surface area (Å²) in [7, 11) is 0. The molecule has 17 heavy (non-hydrogen) atoms. The van der Waals surface area contributed by atoms with E-state index < -0.39 is 0 Å². The monoisotopic (exact) mass is 252 g/mol. The minimum atomic E-state index is 0.607. The molecule has 0 amide bonds. The van der Waals surface area contributed by atoms with E-state index in [1.807, 2.05) is 11.3 Å². The minimum Gasteiger partial charge on any atom is -0.314 e. The van der Waals surface area contributed by atoms with Crippen LogP contribution in [0.4, 0.5) is 0 Å². The molecule has 0 atom stereocenters. The van der Waals surface area contributed by atoms with Gasteiger partial charge in [-0.15, -0.1) is 11.3 Å². The predicted molar refractivity (Wildman–Crippen MR) is 75.8 cm³/mol. The highest BCUT2D eigenvalue weighted by Crippen LogP contribution is 2.30. The Morgan fingerprint density at radius 3 is 2.94 bits per heavy atom. The van der Waals surface area contributed by atoms with E-state index in [9.17, 15) is 0 Å². The predicted octanol–water partition coefficient (Wildman–Crippen LogP) is 2.71. The van der Waals surface area contributed by atoms with Crippen molar-refractivity contribution in [3.05, 3.63) is 21.4 Å². The molecule has 0 saturated heterocycles. The van der Waals surface area contributed by atoms with Gasteiger partial charge in [-0.05, 0) is 50.4 Å². The molecule has 0 aliphatic heterocycles. The molecule has 96 valence electrons. The van der Waals surface area contributed by atoms with Gasteiger partial charge in [-0.2, -0.15) is 0 Å². The van der Waals surface area contributed by atoms with Crippen molar-refractivity contribution in [3.63, 3.8) is 0 Å². The maximum Gasteiger partial charge on any atom is 0.0299 e. The summed E-state index contributed by atoms with van der Waals surface area (Å²) in [6.45, 7) is 7.68. The molecule has 1 aromatic rings. The average molecular weight is 252 g/mol. The van der Waals surface area contributed by atoms with Gasteiger partial charge >= 0.3 is 0 Å². The van der Waals surface area contributed by atoms with E-state index in [2.05, 4.69) is 30.5 Å².